The van der Waals surface area contributed by atoms with Crippen LogP contribution in [-0.2, 0) is 11.2 Å². The van der Waals surface area contributed by atoms with E-state index < -0.39 is 6.04 Å². The van der Waals surface area contributed by atoms with Gasteiger partial charge in [0.05, 0.1) is 6.04 Å². The molecule has 3 nitrogen and oxygen atoms in total. The Morgan fingerprint density at radius 2 is 2.10 bits per heavy atom. The Morgan fingerprint density at radius 1 is 1.43 bits per heavy atom. The summed E-state index contributed by atoms with van der Waals surface area (Å²) in [7, 11) is 0. The van der Waals surface area contributed by atoms with Crippen LogP contribution >= 0.6 is 28.3 Å². The maximum absolute atomic E-state index is 13.6. The molecular formula is C15H23BrClFN2O. The Bertz CT molecular complexity index is 457. The number of aryl methyl sites for hydroxylation is 1. The van der Waals surface area contributed by atoms with Crippen LogP contribution in [0.1, 0.15) is 32.3 Å². The number of nitrogens with two attached hydrogens (primary N) is 1. The Kier molecular flexibility index (Phi) is 9.83. The van der Waals surface area contributed by atoms with Crippen molar-refractivity contribution in [3.05, 3.63) is 34.1 Å². The second-order valence-electron chi connectivity index (χ2n) is 5.37. The highest BCUT2D eigenvalue weighted by Gasteiger charge is 2.14. The molecule has 1 amide bonds. The molecule has 1 aromatic rings. The monoisotopic (exact) mass is 380 g/mol. The summed E-state index contributed by atoms with van der Waals surface area (Å²) >= 11 is 3.22. The summed E-state index contributed by atoms with van der Waals surface area (Å²) in [6, 6.07) is 4.56. The zero-order valence-electron chi connectivity index (χ0n) is 12.4. The van der Waals surface area contributed by atoms with Gasteiger partial charge >= 0.3 is 0 Å². The van der Waals surface area contributed by atoms with E-state index in [1.165, 1.54) is 6.07 Å². The van der Waals surface area contributed by atoms with Crippen molar-refractivity contribution in [3.63, 3.8) is 0 Å². The highest BCUT2D eigenvalue weighted by Crippen LogP contribution is 2.16. The van der Waals surface area contributed by atoms with Crippen LogP contribution in [0, 0.1) is 11.7 Å². The summed E-state index contributed by atoms with van der Waals surface area (Å²) in [6.45, 7) is 4.58. The van der Waals surface area contributed by atoms with Gasteiger partial charge in [-0.3, -0.25) is 4.79 Å². The fourth-order valence-electron chi connectivity index (χ4n) is 1.96. The van der Waals surface area contributed by atoms with Crippen LogP contribution in [0.2, 0.25) is 0 Å². The van der Waals surface area contributed by atoms with Gasteiger partial charge in [0.25, 0.3) is 0 Å². The fraction of sp³-hybridized carbons (Fsp3) is 0.533. The van der Waals surface area contributed by atoms with Gasteiger partial charge in [-0.15, -0.1) is 12.4 Å². The van der Waals surface area contributed by atoms with Crippen LogP contribution in [0.3, 0.4) is 0 Å². The first-order chi connectivity index (χ1) is 9.40. The van der Waals surface area contributed by atoms with E-state index in [1.807, 2.05) is 19.9 Å². The van der Waals surface area contributed by atoms with Crippen molar-refractivity contribution in [2.75, 3.05) is 6.54 Å². The SMILES string of the molecule is CC(C)C[C@H](N)C(=O)NCCCc1ccc(Br)cc1F.Cl. The van der Waals surface area contributed by atoms with Gasteiger partial charge in [0.1, 0.15) is 5.82 Å². The van der Waals surface area contributed by atoms with Crippen molar-refractivity contribution >= 4 is 34.2 Å². The van der Waals surface area contributed by atoms with Crippen LogP contribution in [0.4, 0.5) is 4.39 Å². The molecule has 0 aliphatic carbocycles. The van der Waals surface area contributed by atoms with E-state index in [2.05, 4.69) is 21.2 Å². The molecule has 0 fully saturated rings. The highest BCUT2D eigenvalue weighted by molar-refractivity contribution is 9.10. The smallest absolute Gasteiger partial charge is 0.236 e. The molecule has 21 heavy (non-hydrogen) atoms. The lowest BCUT2D eigenvalue weighted by Gasteiger charge is -2.14. The van der Waals surface area contributed by atoms with E-state index >= 15 is 0 Å². The number of hydrogen-bond acceptors (Lipinski definition) is 2. The molecule has 0 unspecified atom stereocenters. The van der Waals surface area contributed by atoms with E-state index in [1.54, 1.807) is 6.07 Å². The van der Waals surface area contributed by atoms with E-state index in [4.69, 9.17) is 5.73 Å². The molecule has 0 bridgehead atoms. The number of carbonyl (C=O) groups excluding carboxylic acids is 1. The molecule has 0 saturated heterocycles. The van der Waals surface area contributed by atoms with Crippen molar-refractivity contribution < 1.29 is 9.18 Å². The second kappa shape index (κ2) is 10.1. The maximum atomic E-state index is 13.6. The van der Waals surface area contributed by atoms with E-state index in [0.29, 0.717) is 37.3 Å². The summed E-state index contributed by atoms with van der Waals surface area (Å²) in [5.41, 5.74) is 6.44. The van der Waals surface area contributed by atoms with Crippen molar-refractivity contribution in [1.82, 2.24) is 5.32 Å². The standard InChI is InChI=1S/C15H22BrFN2O.ClH/c1-10(2)8-14(18)15(20)19-7-3-4-11-5-6-12(16)9-13(11)17;/h5-6,9-10,14H,3-4,7-8,18H2,1-2H3,(H,19,20);1H/t14-;/m0./s1. The summed E-state index contributed by atoms with van der Waals surface area (Å²) in [5, 5.41) is 2.79. The lowest BCUT2D eigenvalue weighted by atomic mass is 10.0. The minimum absolute atomic E-state index is 0. The average molecular weight is 382 g/mol. The number of nitrogens with one attached hydrogen (secondary N) is 1. The van der Waals surface area contributed by atoms with Crippen molar-refractivity contribution in [1.29, 1.82) is 0 Å². The molecule has 0 aliphatic heterocycles. The largest absolute Gasteiger partial charge is 0.355 e. The molecule has 1 atom stereocenters. The quantitative estimate of drug-likeness (QED) is 0.711. The Morgan fingerprint density at radius 3 is 2.67 bits per heavy atom. The zero-order valence-corrected chi connectivity index (χ0v) is 14.8. The van der Waals surface area contributed by atoms with Gasteiger partial charge in [0.2, 0.25) is 5.91 Å². The highest BCUT2D eigenvalue weighted by atomic mass is 79.9. The second-order valence-corrected chi connectivity index (χ2v) is 6.28. The van der Waals surface area contributed by atoms with Crippen LogP contribution in [0.15, 0.2) is 22.7 Å². The number of benzene rings is 1. The molecule has 0 saturated carbocycles. The predicted molar refractivity (Wildman–Crippen MR) is 90.1 cm³/mol. The summed E-state index contributed by atoms with van der Waals surface area (Å²) in [4.78, 5) is 11.7. The van der Waals surface area contributed by atoms with E-state index in [9.17, 15) is 9.18 Å². The predicted octanol–water partition coefficient (Wildman–Crippen LogP) is 3.43. The van der Waals surface area contributed by atoms with Gasteiger partial charge in [-0.1, -0.05) is 35.8 Å². The number of carbonyl (C=O) groups is 1. The van der Waals surface area contributed by atoms with E-state index in [0.717, 1.165) is 4.47 Å². The number of hydrogen-bond donors (Lipinski definition) is 2. The van der Waals surface area contributed by atoms with Gasteiger partial charge in [-0.2, -0.15) is 0 Å². The van der Waals surface area contributed by atoms with Crippen LogP contribution in [0.5, 0.6) is 0 Å². The summed E-state index contributed by atoms with van der Waals surface area (Å²) in [5.74, 6) is 0.0461. The Balaban J connectivity index is 0.00000400. The Labute approximate surface area is 140 Å². The fourth-order valence-corrected chi connectivity index (χ4v) is 2.29. The third-order valence-electron chi connectivity index (χ3n) is 3.00. The lowest BCUT2D eigenvalue weighted by Crippen LogP contribution is -2.41. The topological polar surface area (TPSA) is 55.1 Å². The Hall–Kier alpha value is -0.650. The third kappa shape index (κ3) is 7.79. The van der Waals surface area contributed by atoms with Crippen LogP contribution < -0.4 is 11.1 Å². The normalized spacial score (nSPS) is 11.9. The van der Waals surface area contributed by atoms with Gasteiger partial charge in [-0.25, -0.2) is 4.39 Å². The minimum atomic E-state index is -0.459. The van der Waals surface area contributed by atoms with Gasteiger partial charge in [0.15, 0.2) is 0 Å². The van der Waals surface area contributed by atoms with Crippen LogP contribution in [-0.4, -0.2) is 18.5 Å². The van der Waals surface area contributed by atoms with E-state index in [-0.39, 0.29) is 24.1 Å². The molecule has 0 aliphatic rings. The molecule has 120 valence electrons. The first-order valence-corrected chi connectivity index (χ1v) is 7.66. The lowest BCUT2D eigenvalue weighted by molar-refractivity contribution is -0.122. The number of rotatable bonds is 7. The molecule has 1 rings (SSSR count). The van der Waals surface area contributed by atoms with Gasteiger partial charge < -0.3 is 11.1 Å². The molecule has 0 heterocycles. The van der Waals surface area contributed by atoms with Gasteiger partial charge in [-0.05, 0) is 42.9 Å². The third-order valence-corrected chi connectivity index (χ3v) is 3.49. The molecule has 3 N–H and O–H groups in total. The van der Waals surface area contributed by atoms with Gasteiger partial charge in [0, 0.05) is 11.0 Å². The minimum Gasteiger partial charge on any atom is -0.355 e. The van der Waals surface area contributed by atoms with Crippen molar-refractivity contribution in [3.8, 4) is 0 Å². The molecule has 0 spiro atoms. The number of halogens is 3. The van der Waals surface area contributed by atoms with Crippen molar-refractivity contribution in [2.24, 2.45) is 11.7 Å². The zero-order chi connectivity index (χ0) is 15.1. The first-order valence-electron chi connectivity index (χ1n) is 6.87. The molecule has 1 aromatic carbocycles. The number of amides is 1. The molecular weight excluding hydrogens is 359 g/mol. The molecule has 0 aromatic heterocycles. The average Bonchev–Trinajstić information content (AvgIpc) is 2.35. The maximum Gasteiger partial charge on any atom is 0.236 e. The van der Waals surface area contributed by atoms with Crippen LogP contribution in [0.25, 0.3) is 0 Å². The van der Waals surface area contributed by atoms with Crippen molar-refractivity contribution in [2.45, 2.75) is 39.2 Å². The summed E-state index contributed by atoms with van der Waals surface area (Å²) < 4.78 is 14.3. The first kappa shape index (κ1) is 20.3. The molecule has 0 radical (unpaired) electrons. The summed E-state index contributed by atoms with van der Waals surface area (Å²) in [6.07, 6.45) is 1.96. The molecule has 6 heteroatoms.